The smallest absolute Gasteiger partial charge is 0.238 e. The number of halogens is 1. The molecule has 0 unspecified atom stereocenters. The van der Waals surface area contributed by atoms with Crippen LogP contribution in [0.3, 0.4) is 0 Å². The van der Waals surface area contributed by atoms with Crippen molar-refractivity contribution in [1.29, 1.82) is 0 Å². The maximum Gasteiger partial charge on any atom is 0.238 e. The first-order valence-corrected chi connectivity index (χ1v) is 6.56. The summed E-state index contributed by atoms with van der Waals surface area (Å²) in [6.07, 6.45) is 0. The Bertz CT molecular complexity index is 299. The van der Waals surface area contributed by atoms with E-state index in [1.54, 1.807) is 23.1 Å². The van der Waals surface area contributed by atoms with Crippen molar-refractivity contribution in [3.8, 4) is 0 Å². The Morgan fingerprint density at radius 1 is 1.67 bits per heavy atom. The van der Waals surface area contributed by atoms with Crippen molar-refractivity contribution in [1.82, 2.24) is 10.6 Å². The van der Waals surface area contributed by atoms with E-state index >= 15 is 0 Å². The summed E-state index contributed by atoms with van der Waals surface area (Å²) in [6.45, 7) is 0.644. The van der Waals surface area contributed by atoms with Gasteiger partial charge in [-0.25, -0.2) is 0 Å². The highest BCUT2D eigenvalue weighted by molar-refractivity contribution is 7.99. The molecule has 6 heteroatoms. The highest BCUT2D eigenvalue weighted by Crippen LogP contribution is 2.10. The first-order valence-electron chi connectivity index (χ1n) is 4.46. The Labute approximate surface area is 103 Å². The van der Waals surface area contributed by atoms with Crippen LogP contribution in [0, 0.1) is 0 Å². The third-order valence-corrected chi connectivity index (χ3v) is 3.75. The fourth-order valence-corrected chi connectivity index (χ4v) is 2.88. The molecular weight excluding hydrogens is 252 g/mol. The molecule has 1 aromatic heterocycles. The van der Waals surface area contributed by atoms with Crippen LogP contribution in [0.4, 0.5) is 0 Å². The van der Waals surface area contributed by atoms with E-state index in [9.17, 15) is 4.79 Å². The Kier molecular flexibility index (Phi) is 5.45. The van der Waals surface area contributed by atoms with E-state index in [4.69, 9.17) is 0 Å². The summed E-state index contributed by atoms with van der Waals surface area (Å²) < 4.78 is 0. The number of carbonyl (C=O) groups is 1. The third-order valence-electron chi connectivity index (χ3n) is 2.08. The van der Waals surface area contributed by atoms with Crippen LogP contribution in [0.5, 0.6) is 0 Å². The topological polar surface area (TPSA) is 41.1 Å². The summed E-state index contributed by atoms with van der Waals surface area (Å²) in [5.41, 5.74) is 1.18. The zero-order valence-electron chi connectivity index (χ0n) is 8.06. The molecule has 1 aliphatic rings. The van der Waals surface area contributed by atoms with Gasteiger partial charge in [-0.05, 0) is 22.4 Å². The van der Waals surface area contributed by atoms with Crippen molar-refractivity contribution in [2.75, 3.05) is 11.6 Å². The van der Waals surface area contributed by atoms with Crippen molar-refractivity contribution < 1.29 is 4.79 Å². The molecular formula is C9H13ClN2OS2. The van der Waals surface area contributed by atoms with Crippen molar-refractivity contribution in [2.24, 2.45) is 0 Å². The van der Waals surface area contributed by atoms with E-state index in [0.717, 1.165) is 11.6 Å². The lowest BCUT2D eigenvalue weighted by Crippen LogP contribution is -2.41. The fourth-order valence-electron chi connectivity index (χ4n) is 1.27. The lowest BCUT2D eigenvalue weighted by Gasteiger charge is -2.09. The van der Waals surface area contributed by atoms with Gasteiger partial charge in [0.05, 0.1) is 6.04 Å². The first kappa shape index (κ1) is 12.8. The molecule has 2 N–H and O–H groups in total. The van der Waals surface area contributed by atoms with Gasteiger partial charge in [0.25, 0.3) is 0 Å². The van der Waals surface area contributed by atoms with Crippen LogP contribution >= 0.6 is 35.5 Å². The minimum atomic E-state index is -0.00126. The molecule has 84 valence electrons. The predicted molar refractivity (Wildman–Crippen MR) is 67.7 cm³/mol. The molecule has 1 fully saturated rings. The van der Waals surface area contributed by atoms with Gasteiger partial charge >= 0.3 is 0 Å². The third kappa shape index (κ3) is 3.68. The lowest BCUT2D eigenvalue weighted by atomic mass is 10.3. The second kappa shape index (κ2) is 6.37. The number of thioether (sulfide) groups is 1. The average Bonchev–Trinajstić information content (AvgIpc) is 2.87. The minimum absolute atomic E-state index is 0. The van der Waals surface area contributed by atoms with Gasteiger partial charge < -0.3 is 5.32 Å². The molecule has 1 amide bonds. The molecule has 3 nitrogen and oxygen atoms in total. The summed E-state index contributed by atoms with van der Waals surface area (Å²) in [7, 11) is 0. The molecule has 2 rings (SSSR count). The van der Waals surface area contributed by atoms with E-state index in [0.29, 0.717) is 6.54 Å². The van der Waals surface area contributed by atoms with Crippen LogP contribution < -0.4 is 10.6 Å². The van der Waals surface area contributed by atoms with Crippen molar-refractivity contribution in [3.05, 3.63) is 22.4 Å². The Morgan fingerprint density at radius 3 is 3.13 bits per heavy atom. The van der Waals surface area contributed by atoms with E-state index in [1.807, 2.05) is 11.4 Å². The molecule has 15 heavy (non-hydrogen) atoms. The fraction of sp³-hybridized carbons (Fsp3) is 0.444. The number of carbonyl (C=O) groups excluding carboxylic acids is 1. The van der Waals surface area contributed by atoms with Crippen molar-refractivity contribution in [2.45, 2.75) is 12.6 Å². The highest BCUT2D eigenvalue weighted by atomic mass is 35.5. The minimum Gasteiger partial charge on any atom is -0.351 e. The summed E-state index contributed by atoms with van der Waals surface area (Å²) in [5, 5.41) is 10.1. The van der Waals surface area contributed by atoms with Gasteiger partial charge in [0.2, 0.25) is 5.91 Å². The summed E-state index contributed by atoms with van der Waals surface area (Å²) >= 11 is 3.42. The lowest BCUT2D eigenvalue weighted by molar-refractivity contribution is -0.122. The van der Waals surface area contributed by atoms with Crippen LogP contribution in [0.2, 0.25) is 0 Å². The molecule has 1 aliphatic heterocycles. The quantitative estimate of drug-likeness (QED) is 0.868. The van der Waals surface area contributed by atoms with Crippen LogP contribution in [0.15, 0.2) is 16.8 Å². The maximum absolute atomic E-state index is 11.6. The molecule has 0 saturated carbocycles. The van der Waals surface area contributed by atoms with E-state index < -0.39 is 0 Å². The van der Waals surface area contributed by atoms with Crippen molar-refractivity contribution in [3.63, 3.8) is 0 Å². The average molecular weight is 265 g/mol. The molecule has 1 saturated heterocycles. The molecule has 1 atom stereocenters. The first-order chi connectivity index (χ1) is 6.86. The highest BCUT2D eigenvalue weighted by Gasteiger charge is 2.21. The predicted octanol–water partition coefficient (Wildman–Crippen LogP) is 1.45. The summed E-state index contributed by atoms with van der Waals surface area (Å²) in [5.74, 6) is 1.88. The van der Waals surface area contributed by atoms with Gasteiger partial charge in [-0.3, -0.25) is 10.1 Å². The number of hydrogen-bond donors (Lipinski definition) is 2. The maximum atomic E-state index is 11.6. The monoisotopic (exact) mass is 264 g/mol. The normalized spacial score (nSPS) is 19.6. The van der Waals surface area contributed by atoms with Gasteiger partial charge in [-0.2, -0.15) is 11.3 Å². The number of amides is 1. The molecule has 0 bridgehead atoms. The Hall–Kier alpha value is -0.230. The van der Waals surface area contributed by atoms with Crippen LogP contribution in [0.25, 0.3) is 0 Å². The molecule has 2 heterocycles. The molecule has 0 aliphatic carbocycles. The van der Waals surface area contributed by atoms with Gasteiger partial charge in [-0.1, -0.05) is 0 Å². The van der Waals surface area contributed by atoms with Crippen molar-refractivity contribution >= 4 is 41.4 Å². The number of nitrogens with one attached hydrogen (secondary N) is 2. The zero-order valence-corrected chi connectivity index (χ0v) is 10.5. The SMILES string of the molecule is Cl.O=C(NCc1ccsc1)[C@H]1CSCN1. The summed E-state index contributed by atoms with van der Waals surface area (Å²) in [4.78, 5) is 11.6. The molecule has 0 radical (unpaired) electrons. The van der Waals surface area contributed by atoms with Crippen LogP contribution in [0.1, 0.15) is 5.56 Å². The van der Waals surface area contributed by atoms with Gasteiger partial charge in [0, 0.05) is 18.2 Å². The standard InChI is InChI=1S/C9H12N2OS2.ClH/c12-9(8-5-14-6-11-8)10-3-7-1-2-13-4-7;/h1-2,4,8,11H,3,5-6H2,(H,10,12);1H/t8-;/m1./s1. The second-order valence-corrected chi connectivity index (χ2v) is 4.93. The van der Waals surface area contributed by atoms with E-state index in [1.165, 1.54) is 5.56 Å². The number of rotatable bonds is 3. The second-order valence-electron chi connectivity index (χ2n) is 3.12. The number of thiophene rings is 1. The van der Waals surface area contributed by atoms with E-state index in [2.05, 4.69) is 16.0 Å². The number of hydrogen-bond acceptors (Lipinski definition) is 4. The Morgan fingerprint density at radius 2 is 2.53 bits per heavy atom. The van der Waals surface area contributed by atoms with Gasteiger partial charge in [0.1, 0.15) is 0 Å². The Balaban J connectivity index is 0.00000112. The van der Waals surface area contributed by atoms with Gasteiger partial charge in [-0.15, -0.1) is 24.2 Å². The largest absolute Gasteiger partial charge is 0.351 e. The molecule has 0 spiro atoms. The van der Waals surface area contributed by atoms with Crippen LogP contribution in [-0.2, 0) is 11.3 Å². The van der Waals surface area contributed by atoms with Gasteiger partial charge in [0.15, 0.2) is 0 Å². The zero-order chi connectivity index (χ0) is 9.80. The van der Waals surface area contributed by atoms with E-state index in [-0.39, 0.29) is 24.4 Å². The molecule has 1 aromatic rings. The van der Waals surface area contributed by atoms with Crippen LogP contribution in [-0.4, -0.2) is 23.6 Å². The summed E-state index contributed by atoms with van der Waals surface area (Å²) in [6, 6.07) is 2.03. The molecule has 0 aromatic carbocycles.